The average molecular weight is 880 g/mol. The molecule has 0 bridgehead atoms. The molecule has 2 N–H and O–H groups in total. The van der Waals surface area contributed by atoms with Crippen molar-refractivity contribution in [1.29, 1.82) is 10.5 Å². The van der Waals surface area contributed by atoms with Gasteiger partial charge in [0.05, 0.1) is 0 Å². The number of anilines is 3. The van der Waals surface area contributed by atoms with Crippen LogP contribution in [-0.2, 0) is 9.59 Å². The first kappa shape index (κ1) is 43.1. The second-order valence-electron chi connectivity index (χ2n) is 14.7. The van der Waals surface area contributed by atoms with Gasteiger partial charge >= 0.3 is 11.9 Å². The van der Waals surface area contributed by atoms with Crippen LogP contribution in [0.4, 0.5) is 17.1 Å². The van der Waals surface area contributed by atoms with Crippen LogP contribution in [0.3, 0.4) is 0 Å². The van der Waals surface area contributed by atoms with Gasteiger partial charge in [0.1, 0.15) is 23.3 Å². The summed E-state index contributed by atoms with van der Waals surface area (Å²) in [5, 5.41) is 36.6. The summed E-state index contributed by atoms with van der Waals surface area (Å²) < 4.78 is 0. The Hall–Kier alpha value is -8.60. The SMILES string of the molecule is N#C/C(=C/c1ccc(-c2ccc(/C=C/c3ccc(N(c4ccc(/C=C/c5ccc(-c6ccc(/C=C(\C#N)C(=O)O)s6)cc5)cc4)c4ccc(-c5ccccc5)cc4)cc3)cc2)s1)C(=O)O. The number of rotatable bonds is 14. The Balaban J connectivity index is 0.981. The van der Waals surface area contributed by atoms with Crippen molar-refractivity contribution in [2.45, 2.75) is 0 Å². The van der Waals surface area contributed by atoms with E-state index >= 15 is 0 Å². The fourth-order valence-corrected chi connectivity index (χ4v) is 8.90. The van der Waals surface area contributed by atoms with Crippen LogP contribution in [0, 0.1) is 22.7 Å². The van der Waals surface area contributed by atoms with E-state index in [-0.39, 0.29) is 11.1 Å². The molecule has 312 valence electrons. The predicted molar refractivity (Wildman–Crippen MR) is 266 cm³/mol. The Morgan fingerprint density at radius 2 is 0.738 bits per heavy atom. The molecule has 2 heterocycles. The van der Waals surface area contributed by atoms with Gasteiger partial charge in [0.15, 0.2) is 0 Å². The Bertz CT molecular complexity index is 3000. The molecule has 7 nitrogen and oxygen atoms in total. The van der Waals surface area contributed by atoms with E-state index < -0.39 is 11.9 Å². The van der Waals surface area contributed by atoms with E-state index in [1.165, 1.54) is 34.8 Å². The highest BCUT2D eigenvalue weighted by Crippen LogP contribution is 2.37. The lowest BCUT2D eigenvalue weighted by atomic mass is 10.0. The molecule has 8 rings (SSSR count). The van der Waals surface area contributed by atoms with Crippen LogP contribution in [0.15, 0.2) is 187 Å². The first-order valence-electron chi connectivity index (χ1n) is 20.4. The molecule has 8 aromatic rings. The van der Waals surface area contributed by atoms with Crippen molar-refractivity contribution >= 4 is 88.1 Å². The van der Waals surface area contributed by atoms with Gasteiger partial charge in [-0.25, -0.2) is 9.59 Å². The van der Waals surface area contributed by atoms with Gasteiger partial charge in [0.2, 0.25) is 0 Å². The first-order valence-corrected chi connectivity index (χ1v) is 22.0. The molecule has 0 aliphatic heterocycles. The van der Waals surface area contributed by atoms with Crippen molar-refractivity contribution in [2.24, 2.45) is 0 Å². The lowest BCUT2D eigenvalue weighted by molar-refractivity contribution is -0.133. The number of hydrogen-bond acceptors (Lipinski definition) is 7. The first-order chi connectivity index (χ1) is 31.7. The van der Waals surface area contributed by atoms with Crippen LogP contribution >= 0.6 is 22.7 Å². The van der Waals surface area contributed by atoms with Gasteiger partial charge < -0.3 is 15.1 Å². The molecular formula is C56H37N3O4S2. The van der Waals surface area contributed by atoms with Gasteiger partial charge in [-0.2, -0.15) is 10.5 Å². The Labute approximate surface area is 384 Å². The number of carboxylic acid groups (broad SMARTS) is 2. The van der Waals surface area contributed by atoms with Crippen LogP contribution in [0.5, 0.6) is 0 Å². The molecule has 0 atom stereocenters. The van der Waals surface area contributed by atoms with Crippen molar-refractivity contribution < 1.29 is 19.8 Å². The van der Waals surface area contributed by atoms with Crippen LogP contribution in [0.25, 0.3) is 68.5 Å². The summed E-state index contributed by atoms with van der Waals surface area (Å²) in [4.78, 5) is 28.1. The third-order valence-electron chi connectivity index (χ3n) is 10.4. The summed E-state index contributed by atoms with van der Waals surface area (Å²) in [6.07, 6.45) is 11.1. The average Bonchev–Trinajstić information content (AvgIpc) is 4.03. The van der Waals surface area contributed by atoms with E-state index in [2.05, 4.69) is 114 Å². The summed E-state index contributed by atoms with van der Waals surface area (Å²) >= 11 is 2.87. The molecular weight excluding hydrogens is 843 g/mol. The van der Waals surface area contributed by atoms with Crippen molar-refractivity contribution in [1.82, 2.24) is 0 Å². The quantitative estimate of drug-likeness (QED) is 0.0633. The molecule has 0 saturated carbocycles. The number of carbonyl (C=O) groups is 2. The molecule has 0 aliphatic carbocycles. The van der Waals surface area contributed by atoms with Crippen molar-refractivity contribution in [3.63, 3.8) is 0 Å². The number of thiophene rings is 2. The zero-order chi connectivity index (χ0) is 45.1. The molecule has 0 fully saturated rings. The van der Waals surface area contributed by atoms with Crippen molar-refractivity contribution in [2.75, 3.05) is 4.90 Å². The Morgan fingerprint density at radius 1 is 0.415 bits per heavy atom. The van der Waals surface area contributed by atoms with Crippen LogP contribution in [0.1, 0.15) is 32.0 Å². The standard InChI is InChI=1S/C56H37N3O4S2/c57-36-46(55(60)61)34-51-30-32-53(64-51)44-18-10-38(11-19-44)6-8-40-14-24-48(25-15-40)59(50-28-22-43(23-29-50)42-4-2-1-3-5-42)49-26-16-41(17-27-49)9-7-39-12-20-45(21-13-39)54-33-31-52(65-54)35-47(37-58)56(62)63/h1-35H,(H,60,61)(H,62,63)/b8-6+,9-7+,46-34-,47-35+. The molecule has 6 aromatic carbocycles. The minimum atomic E-state index is -1.24. The topological polar surface area (TPSA) is 125 Å². The van der Waals surface area contributed by atoms with Gasteiger partial charge in [0.25, 0.3) is 0 Å². The van der Waals surface area contributed by atoms with Gasteiger partial charge in [0, 0.05) is 36.6 Å². The van der Waals surface area contributed by atoms with Gasteiger partial charge in [-0.05, 0) is 117 Å². The highest BCUT2D eigenvalue weighted by atomic mass is 32.1. The lowest BCUT2D eigenvalue weighted by Crippen LogP contribution is -2.09. The molecule has 0 spiro atoms. The smallest absolute Gasteiger partial charge is 0.346 e. The molecule has 0 radical (unpaired) electrons. The minimum absolute atomic E-state index is 0.294. The van der Waals surface area contributed by atoms with E-state index in [0.717, 1.165) is 71.3 Å². The number of carboxylic acids is 2. The van der Waals surface area contributed by atoms with E-state index in [4.69, 9.17) is 10.5 Å². The summed E-state index contributed by atoms with van der Waals surface area (Å²) in [7, 11) is 0. The summed E-state index contributed by atoms with van der Waals surface area (Å²) in [6.45, 7) is 0. The van der Waals surface area contributed by atoms with E-state index in [9.17, 15) is 19.8 Å². The Morgan fingerprint density at radius 3 is 1.09 bits per heavy atom. The van der Waals surface area contributed by atoms with Crippen LogP contribution < -0.4 is 4.90 Å². The second-order valence-corrected chi connectivity index (χ2v) is 16.9. The van der Waals surface area contributed by atoms with E-state index in [1.807, 2.05) is 91.0 Å². The molecule has 0 aliphatic rings. The van der Waals surface area contributed by atoms with Crippen molar-refractivity contribution in [3.05, 3.63) is 219 Å². The molecule has 2 aromatic heterocycles. The lowest BCUT2D eigenvalue weighted by Gasteiger charge is -2.26. The highest BCUT2D eigenvalue weighted by Gasteiger charge is 2.14. The maximum absolute atomic E-state index is 11.2. The van der Waals surface area contributed by atoms with Crippen molar-refractivity contribution in [3.8, 4) is 44.1 Å². The number of nitriles is 2. The number of aliphatic carboxylic acids is 2. The number of benzene rings is 6. The zero-order valence-electron chi connectivity index (χ0n) is 34.6. The third kappa shape index (κ3) is 10.7. The van der Waals surface area contributed by atoms with Gasteiger partial charge in [-0.1, -0.05) is 140 Å². The van der Waals surface area contributed by atoms with Crippen LogP contribution in [-0.4, -0.2) is 22.2 Å². The number of hydrogen-bond donors (Lipinski definition) is 2. The fraction of sp³-hybridized carbons (Fsp3) is 0. The number of nitrogens with zero attached hydrogens (tertiary/aromatic N) is 3. The Kier molecular flexibility index (Phi) is 13.3. The van der Waals surface area contributed by atoms with E-state index in [1.54, 1.807) is 12.1 Å². The second kappa shape index (κ2) is 20.1. The monoisotopic (exact) mass is 879 g/mol. The third-order valence-corrected chi connectivity index (χ3v) is 12.6. The zero-order valence-corrected chi connectivity index (χ0v) is 36.2. The van der Waals surface area contributed by atoms with Crippen LogP contribution in [0.2, 0.25) is 0 Å². The fourth-order valence-electron chi connectivity index (χ4n) is 6.99. The van der Waals surface area contributed by atoms with Gasteiger partial charge in [-0.15, -0.1) is 22.7 Å². The maximum atomic E-state index is 11.2. The largest absolute Gasteiger partial charge is 0.477 e. The molecule has 0 amide bonds. The molecule has 65 heavy (non-hydrogen) atoms. The summed E-state index contributed by atoms with van der Waals surface area (Å²) in [6, 6.07) is 63.2. The normalized spacial score (nSPS) is 11.7. The minimum Gasteiger partial charge on any atom is -0.477 e. The highest BCUT2D eigenvalue weighted by molar-refractivity contribution is 7.16. The molecule has 0 saturated heterocycles. The molecule has 0 unspecified atom stereocenters. The van der Waals surface area contributed by atoms with Gasteiger partial charge in [-0.3, -0.25) is 0 Å². The predicted octanol–water partition coefficient (Wildman–Crippen LogP) is 14.6. The van der Waals surface area contributed by atoms with E-state index in [0.29, 0.717) is 9.75 Å². The summed E-state index contributed by atoms with van der Waals surface area (Å²) in [5.41, 5.74) is 11.0. The maximum Gasteiger partial charge on any atom is 0.346 e. The summed E-state index contributed by atoms with van der Waals surface area (Å²) in [5.74, 6) is -2.48. The molecule has 9 heteroatoms.